The smallest absolute Gasteiger partial charge is 0.280 e. The molecule has 0 amide bonds. The molecule has 0 bridgehead atoms. The number of pyridine rings is 1. The van der Waals surface area contributed by atoms with E-state index in [-0.39, 0.29) is 12.4 Å². The van der Waals surface area contributed by atoms with E-state index in [1.54, 1.807) is 10.9 Å². The molecule has 3 heterocycles. The Morgan fingerprint density at radius 2 is 1.96 bits per heavy atom. The van der Waals surface area contributed by atoms with Crippen molar-refractivity contribution in [3.05, 3.63) is 48.0 Å². The molecule has 1 aliphatic rings. The van der Waals surface area contributed by atoms with Gasteiger partial charge >= 0.3 is 0 Å². The highest BCUT2D eigenvalue weighted by atomic mass is 35.5. The summed E-state index contributed by atoms with van der Waals surface area (Å²) < 4.78 is 7.25. The Morgan fingerprint density at radius 1 is 1.14 bits per heavy atom. The van der Waals surface area contributed by atoms with E-state index >= 15 is 0 Å². The van der Waals surface area contributed by atoms with Crippen LogP contribution >= 0.6 is 12.4 Å². The van der Waals surface area contributed by atoms with Crippen LogP contribution in [0.5, 0.6) is 0 Å². The lowest BCUT2D eigenvalue weighted by Gasteiger charge is -2.17. The first-order valence-corrected chi connectivity index (χ1v) is 9.06. The Bertz CT molecular complexity index is 1120. The van der Waals surface area contributed by atoms with Gasteiger partial charge in [-0.25, -0.2) is 4.68 Å². The molecule has 4 aromatic rings. The standard InChI is InChI=1S/C19H19N7O.ClH/c1-12-16(17-22-18(24-27-17)19(20)9-2-3-10-19)23-25-26(12)15-8-4-7-14-13(15)6-5-11-21-14;/h4-8,11H,2-3,9-10,20H2,1H3;1H. The molecule has 0 unspecified atom stereocenters. The molecule has 0 radical (unpaired) electrons. The lowest BCUT2D eigenvalue weighted by atomic mass is 9.99. The SMILES string of the molecule is Cc1c(-c2nc(C3(N)CCCC3)no2)nnn1-c1cccc2ncccc12.Cl. The lowest BCUT2D eigenvalue weighted by Crippen LogP contribution is -2.34. The number of fused-ring (bicyclic) bond motifs is 1. The Labute approximate surface area is 167 Å². The van der Waals surface area contributed by atoms with E-state index < -0.39 is 5.54 Å². The summed E-state index contributed by atoms with van der Waals surface area (Å²) in [6.07, 6.45) is 5.70. The zero-order valence-corrected chi connectivity index (χ0v) is 16.2. The Morgan fingerprint density at radius 3 is 2.79 bits per heavy atom. The summed E-state index contributed by atoms with van der Waals surface area (Å²) in [7, 11) is 0. The minimum Gasteiger partial charge on any atom is -0.332 e. The number of aromatic nitrogens is 6. The van der Waals surface area contributed by atoms with Gasteiger partial charge in [0.2, 0.25) is 0 Å². The van der Waals surface area contributed by atoms with Crippen molar-refractivity contribution in [2.75, 3.05) is 0 Å². The fraction of sp³-hybridized carbons (Fsp3) is 0.316. The molecule has 1 saturated carbocycles. The quantitative estimate of drug-likeness (QED) is 0.564. The van der Waals surface area contributed by atoms with Crippen LogP contribution in [-0.2, 0) is 5.54 Å². The number of benzene rings is 1. The van der Waals surface area contributed by atoms with Crippen molar-refractivity contribution in [3.63, 3.8) is 0 Å². The van der Waals surface area contributed by atoms with Crippen LogP contribution in [0.2, 0.25) is 0 Å². The summed E-state index contributed by atoms with van der Waals surface area (Å²) >= 11 is 0. The van der Waals surface area contributed by atoms with Crippen molar-refractivity contribution in [3.8, 4) is 17.3 Å². The maximum atomic E-state index is 6.44. The molecule has 5 rings (SSSR count). The molecule has 9 heteroatoms. The zero-order valence-electron chi connectivity index (χ0n) is 15.4. The Balaban J connectivity index is 0.00000192. The molecule has 1 fully saturated rings. The molecule has 0 aliphatic heterocycles. The third-order valence-corrected chi connectivity index (χ3v) is 5.32. The van der Waals surface area contributed by atoms with Crippen LogP contribution in [-0.4, -0.2) is 30.1 Å². The highest BCUT2D eigenvalue weighted by Crippen LogP contribution is 2.35. The molecule has 28 heavy (non-hydrogen) atoms. The second kappa shape index (κ2) is 6.96. The van der Waals surface area contributed by atoms with Gasteiger partial charge in [-0.2, -0.15) is 4.98 Å². The number of halogens is 1. The van der Waals surface area contributed by atoms with Gasteiger partial charge in [0.05, 0.1) is 22.4 Å². The van der Waals surface area contributed by atoms with Crippen LogP contribution in [0, 0.1) is 6.92 Å². The second-order valence-electron chi connectivity index (χ2n) is 7.07. The normalized spacial score (nSPS) is 15.6. The van der Waals surface area contributed by atoms with Gasteiger partial charge in [-0.15, -0.1) is 17.5 Å². The van der Waals surface area contributed by atoms with Crippen LogP contribution in [0.1, 0.15) is 37.2 Å². The summed E-state index contributed by atoms with van der Waals surface area (Å²) in [5.74, 6) is 0.905. The molecule has 8 nitrogen and oxygen atoms in total. The number of hydrogen-bond donors (Lipinski definition) is 1. The molecule has 2 N–H and O–H groups in total. The van der Waals surface area contributed by atoms with Gasteiger partial charge in [-0.3, -0.25) is 4.98 Å². The fourth-order valence-corrected chi connectivity index (χ4v) is 3.78. The average molecular weight is 398 g/mol. The van der Waals surface area contributed by atoms with Crippen LogP contribution in [0.15, 0.2) is 41.1 Å². The molecule has 1 aromatic carbocycles. The number of nitrogens with two attached hydrogens (primary N) is 1. The van der Waals surface area contributed by atoms with Crippen molar-refractivity contribution < 1.29 is 4.52 Å². The molecular weight excluding hydrogens is 378 g/mol. The van der Waals surface area contributed by atoms with Crippen molar-refractivity contribution >= 4 is 23.3 Å². The average Bonchev–Trinajstić information content (AvgIpc) is 3.42. The first-order chi connectivity index (χ1) is 13.2. The predicted molar refractivity (Wildman–Crippen MR) is 106 cm³/mol. The topological polar surface area (TPSA) is 109 Å². The molecule has 144 valence electrons. The molecule has 0 saturated heterocycles. The van der Waals surface area contributed by atoms with E-state index in [0.717, 1.165) is 48.0 Å². The predicted octanol–water partition coefficient (Wildman–Crippen LogP) is 3.32. The summed E-state index contributed by atoms with van der Waals surface area (Å²) in [4.78, 5) is 8.93. The van der Waals surface area contributed by atoms with E-state index in [4.69, 9.17) is 10.3 Å². The highest BCUT2D eigenvalue weighted by Gasteiger charge is 2.36. The van der Waals surface area contributed by atoms with Crippen LogP contribution < -0.4 is 5.73 Å². The Kier molecular flexibility index (Phi) is 4.60. The number of rotatable bonds is 3. The van der Waals surface area contributed by atoms with E-state index in [1.165, 1.54) is 0 Å². The van der Waals surface area contributed by atoms with Gasteiger partial charge in [0.25, 0.3) is 5.89 Å². The van der Waals surface area contributed by atoms with E-state index in [9.17, 15) is 0 Å². The minimum atomic E-state index is -0.493. The summed E-state index contributed by atoms with van der Waals surface area (Å²) in [6.45, 7) is 1.93. The van der Waals surface area contributed by atoms with Gasteiger partial charge in [0.15, 0.2) is 11.5 Å². The van der Waals surface area contributed by atoms with Gasteiger partial charge in [0.1, 0.15) is 0 Å². The Hall–Kier alpha value is -2.84. The van der Waals surface area contributed by atoms with Crippen molar-refractivity contribution in [2.45, 2.75) is 38.1 Å². The van der Waals surface area contributed by atoms with Gasteiger partial charge < -0.3 is 10.3 Å². The minimum absolute atomic E-state index is 0. The molecule has 1 aliphatic carbocycles. The fourth-order valence-electron chi connectivity index (χ4n) is 3.78. The number of hydrogen-bond acceptors (Lipinski definition) is 7. The van der Waals surface area contributed by atoms with E-state index in [0.29, 0.717) is 17.4 Å². The van der Waals surface area contributed by atoms with Crippen LogP contribution in [0.3, 0.4) is 0 Å². The molecule has 0 atom stereocenters. The third kappa shape index (κ3) is 2.85. The monoisotopic (exact) mass is 397 g/mol. The van der Waals surface area contributed by atoms with Crippen LogP contribution in [0.25, 0.3) is 28.2 Å². The van der Waals surface area contributed by atoms with Crippen LogP contribution in [0.4, 0.5) is 0 Å². The number of nitrogens with zero attached hydrogens (tertiary/aromatic N) is 6. The molecule has 0 spiro atoms. The summed E-state index contributed by atoms with van der Waals surface area (Å²) in [5.41, 5.74) is 9.13. The van der Waals surface area contributed by atoms with Crippen molar-refractivity contribution in [1.82, 2.24) is 30.1 Å². The van der Waals surface area contributed by atoms with E-state index in [2.05, 4.69) is 25.4 Å². The first kappa shape index (κ1) is 18.5. The maximum Gasteiger partial charge on any atom is 0.280 e. The summed E-state index contributed by atoms with van der Waals surface area (Å²) in [6, 6.07) is 9.84. The third-order valence-electron chi connectivity index (χ3n) is 5.32. The van der Waals surface area contributed by atoms with E-state index in [1.807, 2.05) is 37.3 Å². The van der Waals surface area contributed by atoms with Gasteiger partial charge in [-0.05, 0) is 44.0 Å². The van der Waals surface area contributed by atoms with Gasteiger partial charge in [-0.1, -0.05) is 29.3 Å². The molecular formula is C19H20ClN7O. The summed E-state index contributed by atoms with van der Waals surface area (Å²) in [5, 5.41) is 13.7. The van der Waals surface area contributed by atoms with Crippen molar-refractivity contribution in [2.24, 2.45) is 5.73 Å². The first-order valence-electron chi connectivity index (χ1n) is 9.06. The zero-order chi connectivity index (χ0) is 18.4. The molecule has 3 aromatic heterocycles. The largest absolute Gasteiger partial charge is 0.332 e. The lowest BCUT2D eigenvalue weighted by molar-refractivity contribution is 0.372. The second-order valence-corrected chi connectivity index (χ2v) is 7.07. The van der Waals surface area contributed by atoms with Gasteiger partial charge in [0, 0.05) is 11.6 Å². The highest BCUT2D eigenvalue weighted by molar-refractivity contribution is 5.87. The van der Waals surface area contributed by atoms with Crippen molar-refractivity contribution in [1.29, 1.82) is 0 Å². The maximum absolute atomic E-state index is 6.44.